The zero-order valence-corrected chi connectivity index (χ0v) is 10.5. The number of hydrogen-bond acceptors (Lipinski definition) is 2. The Balaban J connectivity index is 2.53. The molecule has 4 nitrogen and oxygen atoms in total. The molecule has 1 heterocycles. The number of rotatable bonds is 2. The van der Waals surface area contributed by atoms with Crippen molar-refractivity contribution in [1.29, 1.82) is 0 Å². The Hall–Kier alpha value is -1.76. The average Bonchev–Trinajstić information content (AvgIpc) is 2.35. The third-order valence-electron chi connectivity index (χ3n) is 2.38. The SMILES string of the molecule is O=c1[nH]cc(Br)c(=O)n1Cc1cccc(F)c1F. The van der Waals surface area contributed by atoms with Crippen LogP contribution in [0.4, 0.5) is 8.78 Å². The summed E-state index contributed by atoms with van der Waals surface area (Å²) in [5.41, 5.74) is -1.37. The van der Waals surface area contributed by atoms with Crippen molar-refractivity contribution >= 4 is 15.9 Å². The van der Waals surface area contributed by atoms with E-state index in [-0.39, 0.29) is 16.6 Å². The van der Waals surface area contributed by atoms with Crippen molar-refractivity contribution in [3.8, 4) is 0 Å². The number of halogens is 3. The summed E-state index contributed by atoms with van der Waals surface area (Å²) in [6.07, 6.45) is 1.20. The average molecular weight is 317 g/mol. The molecule has 0 aliphatic rings. The van der Waals surface area contributed by atoms with Crippen molar-refractivity contribution in [2.75, 3.05) is 0 Å². The number of H-pyrrole nitrogens is 1. The van der Waals surface area contributed by atoms with Crippen LogP contribution in [0.25, 0.3) is 0 Å². The Labute approximate surface area is 108 Å². The molecule has 0 radical (unpaired) electrons. The van der Waals surface area contributed by atoms with Crippen LogP contribution in [0.2, 0.25) is 0 Å². The third kappa shape index (κ3) is 2.26. The first kappa shape index (κ1) is 12.7. The summed E-state index contributed by atoms with van der Waals surface area (Å²) in [5.74, 6) is -2.09. The molecule has 1 aromatic heterocycles. The molecule has 0 amide bonds. The lowest BCUT2D eigenvalue weighted by atomic mass is 10.2. The van der Waals surface area contributed by atoms with Gasteiger partial charge in [-0.15, -0.1) is 0 Å². The first-order valence-electron chi connectivity index (χ1n) is 4.91. The second kappa shape index (κ2) is 4.85. The van der Waals surface area contributed by atoms with Gasteiger partial charge in [-0.1, -0.05) is 12.1 Å². The second-order valence-electron chi connectivity index (χ2n) is 3.55. The first-order chi connectivity index (χ1) is 8.50. The minimum Gasteiger partial charge on any atom is -0.313 e. The molecule has 0 unspecified atom stereocenters. The van der Waals surface area contributed by atoms with E-state index in [0.717, 1.165) is 10.6 Å². The van der Waals surface area contributed by atoms with E-state index < -0.39 is 22.9 Å². The van der Waals surface area contributed by atoms with Crippen LogP contribution < -0.4 is 11.2 Å². The van der Waals surface area contributed by atoms with Crippen LogP contribution in [0.15, 0.2) is 38.5 Å². The summed E-state index contributed by atoms with van der Waals surface area (Å²) < 4.78 is 27.4. The highest BCUT2D eigenvalue weighted by molar-refractivity contribution is 9.10. The molecule has 0 saturated heterocycles. The lowest BCUT2D eigenvalue weighted by molar-refractivity contribution is 0.492. The maximum atomic E-state index is 13.4. The fourth-order valence-corrected chi connectivity index (χ4v) is 1.80. The molecule has 7 heteroatoms. The van der Waals surface area contributed by atoms with Crippen molar-refractivity contribution in [3.63, 3.8) is 0 Å². The highest BCUT2D eigenvalue weighted by Gasteiger charge is 2.11. The van der Waals surface area contributed by atoms with Crippen LogP contribution in [0.1, 0.15) is 5.56 Å². The highest BCUT2D eigenvalue weighted by Crippen LogP contribution is 2.11. The number of aromatic nitrogens is 2. The van der Waals surface area contributed by atoms with Gasteiger partial charge in [0, 0.05) is 11.8 Å². The third-order valence-corrected chi connectivity index (χ3v) is 2.95. The monoisotopic (exact) mass is 316 g/mol. The van der Waals surface area contributed by atoms with E-state index in [4.69, 9.17) is 0 Å². The number of hydrogen-bond donors (Lipinski definition) is 1. The van der Waals surface area contributed by atoms with Gasteiger partial charge in [-0.3, -0.25) is 9.36 Å². The fraction of sp³-hybridized carbons (Fsp3) is 0.0909. The number of nitrogens with zero attached hydrogens (tertiary/aromatic N) is 1. The van der Waals surface area contributed by atoms with E-state index in [0.29, 0.717) is 0 Å². The molecule has 0 saturated carbocycles. The molecule has 2 aromatic rings. The largest absolute Gasteiger partial charge is 0.328 e. The Bertz CT molecular complexity index is 709. The lowest BCUT2D eigenvalue weighted by Crippen LogP contribution is -2.35. The predicted octanol–water partition coefficient (Wildman–Crippen LogP) is 1.63. The van der Waals surface area contributed by atoms with Gasteiger partial charge < -0.3 is 4.98 Å². The Morgan fingerprint density at radius 3 is 2.72 bits per heavy atom. The van der Waals surface area contributed by atoms with Crippen molar-refractivity contribution in [3.05, 3.63) is 66.9 Å². The molecule has 0 aliphatic heterocycles. The van der Waals surface area contributed by atoms with E-state index in [1.165, 1.54) is 18.3 Å². The van der Waals surface area contributed by atoms with Gasteiger partial charge in [-0.25, -0.2) is 13.6 Å². The molecular formula is C11H7BrF2N2O2. The molecule has 94 valence electrons. The van der Waals surface area contributed by atoms with Crippen molar-refractivity contribution in [2.45, 2.75) is 6.54 Å². The van der Waals surface area contributed by atoms with E-state index in [1.807, 2.05) is 0 Å². The van der Waals surface area contributed by atoms with Gasteiger partial charge in [-0.05, 0) is 22.0 Å². The Morgan fingerprint density at radius 2 is 2.00 bits per heavy atom. The van der Waals surface area contributed by atoms with Gasteiger partial charge in [-0.2, -0.15) is 0 Å². The summed E-state index contributed by atoms with van der Waals surface area (Å²) in [6, 6.07) is 3.59. The minimum atomic E-state index is -1.07. The molecular weight excluding hydrogens is 310 g/mol. The molecule has 0 spiro atoms. The molecule has 2 rings (SSSR count). The molecule has 0 atom stereocenters. The van der Waals surface area contributed by atoms with Crippen LogP contribution >= 0.6 is 15.9 Å². The van der Waals surface area contributed by atoms with Gasteiger partial charge in [0.2, 0.25) is 0 Å². The normalized spacial score (nSPS) is 10.6. The molecule has 0 bridgehead atoms. The predicted molar refractivity (Wildman–Crippen MR) is 64.5 cm³/mol. The van der Waals surface area contributed by atoms with Crippen LogP contribution in [0.3, 0.4) is 0 Å². The zero-order valence-electron chi connectivity index (χ0n) is 8.91. The van der Waals surface area contributed by atoms with E-state index in [1.54, 1.807) is 0 Å². The Kier molecular flexibility index (Phi) is 3.42. The van der Waals surface area contributed by atoms with Crippen LogP contribution in [0.5, 0.6) is 0 Å². The number of aromatic amines is 1. The molecule has 18 heavy (non-hydrogen) atoms. The Morgan fingerprint density at radius 1 is 1.28 bits per heavy atom. The summed E-state index contributed by atoms with van der Waals surface area (Å²) in [4.78, 5) is 25.4. The zero-order chi connectivity index (χ0) is 13.3. The molecule has 1 aromatic carbocycles. The standard InChI is InChI=1S/C11H7BrF2N2O2/c12-7-4-15-11(18)16(10(7)17)5-6-2-1-3-8(13)9(6)14/h1-4H,5H2,(H,15,18). The summed E-state index contributed by atoms with van der Waals surface area (Å²) >= 11 is 2.96. The minimum absolute atomic E-state index is 0.0688. The van der Waals surface area contributed by atoms with E-state index >= 15 is 0 Å². The van der Waals surface area contributed by atoms with E-state index in [9.17, 15) is 18.4 Å². The first-order valence-corrected chi connectivity index (χ1v) is 5.71. The molecule has 0 fully saturated rings. The lowest BCUT2D eigenvalue weighted by Gasteiger charge is -2.06. The number of benzene rings is 1. The van der Waals surface area contributed by atoms with Gasteiger partial charge >= 0.3 is 5.69 Å². The molecule has 0 aliphatic carbocycles. The topological polar surface area (TPSA) is 54.9 Å². The van der Waals surface area contributed by atoms with Crippen LogP contribution in [0, 0.1) is 11.6 Å². The summed E-state index contributed by atoms with van der Waals surface area (Å²) in [5, 5.41) is 0. The fourth-order valence-electron chi connectivity index (χ4n) is 1.47. The van der Waals surface area contributed by atoms with Crippen molar-refractivity contribution in [2.24, 2.45) is 0 Å². The van der Waals surface area contributed by atoms with Crippen LogP contribution in [-0.4, -0.2) is 9.55 Å². The van der Waals surface area contributed by atoms with Gasteiger partial charge in [0.25, 0.3) is 5.56 Å². The van der Waals surface area contributed by atoms with Gasteiger partial charge in [0.1, 0.15) is 0 Å². The summed E-state index contributed by atoms with van der Waals surface area (Å²) in [6.45, 7) is -0.336. The van der Waals surface area contributed by atoms with Crippen molar-refractivity contribution in [1.82, 2.24) is 9.55 Å². The maximum Gasteiger partial charge on any atom is 0.328 e. The van der Waals surface area contributed by atoms with Gasteiger partial charge in [0.05, 0.1) is 11.0 Å². The second-order valence-corrected chi connectivity index (χ2v) is 4.40. The van der Waals surface area contributed by atoms with Gasteiger partial charge in [0.15, 0.2) is 11.6 Å². The van der Waals surface area contributed by atoms with E-state index in [2.05, 4.69) is 20.9 Å². The molecule has 1 N–H and O–H groups in total. The number of nitrogens with one attached hydrogen (secondary N) is 1. The highest BCUT2D eigenvalue weighted by atomic mass is 79.9. The summed E-state index contributed by atoms with van der Waals surface area (Å²) in [7, 11) is 0. The quantitative estimate of drug-likeness (QED) is 0.915. The van der Waals surface area contributed by atoms with Crippen LogP contribution in [-0.2, 0) is 6.54 Å². The van der Waals surface area contributed by atoms with Crippen molar-refractivity contribution < 1.29 is 8.78 Å². The maximum absolute atomic E-state index is 13.4. The smallest absolute Gasteiger partial charge is 0.313 e.